The number of hydrogen-bond acceptors (Lipinski definition) is 3. The van der Waals surface area contributed by atoms with Gasteiger partial charge in [0.15, 0.2) is 0 Å². The van der Waals surface area contributed by atoms with Gasteiger partial charge in [0.05, 0.1) is 22.7 Å². The van der Waals surface area contributed by atoms with E-state index >= 15 is 0 Å². The van der Waals surface area contributed by atoms with Gasteiger partial charge in [-0.25, -0.2) is 4.98 Å². The second-order valence-corrected chi connectivity index (χ2v) is 5.07. The third-order valence-electron chi connectivity index (χ3n) is 3.95. The lowest BCUT2D eigenvalue weighted by Gasteiger charge is -2.07. The molecule has 4 nitrogen and oxygen atoms in total. The molecule has 0 bridgehead atoms. The van der Waals surface area contributed by atoms with E-state index in [4.69, 9.17) is 4.98 Å². The Kier molecular flexibility index (Phi) is 1.92. The van der Waals surface area contributed by atoms with Gasteiger partial charge in [-0.05, 0) is 17.5 Å². The van der Waals surface area contributed by atoms with Crippen molar-refractivity contribution < 1.29 is 0 Å². The molecule has 0 atom stereocenters. The second-order valence-electron chi connectivity index (χ2n) is 5.07. The summed E-state index contributed by atoms with van der Waals surface area (Å²) in [6.07, 6.45) is 7.38. The molecule has 4 heteroatoms. The number of fused-ring (bicyclic) bond motifs is 8. The first-order chi connectivity index (χ1) is 10.4. The standard InChI is InChI=1S/C17H10N4/c1-2-4-12-11(3-1)13-9-18-8-6-15(13)21-16-10-19-7-5-14(16)20-17(12)21/h1-10H. The fourth-order valence-corrected chi connectivity index (χ4v) is 3.05. The molecular formula is C17H10N4. The van der Waals surface area contributed by atoms with Crippen LogP contribution < -0.4 is 0 Å². The highest BCUT2D eigenvalue weighted by Gasteiger charge is 2.12. The van der Waals surface area contributed by atoms with Crippen molar-refractivity contribution in [2.24, 2.45) is 0 Å². The van der Waals surface area contributed by atoms with Crippen LogP contribution in [0.3, 0.4) is 0 Å². The third-order valence-corrected chi connectivity index (χ3v) is 3.95. The van der Waals surface area contributed by atoms with Crippen LogP contribution in [0.4, 0.5) is 0 Å². The van der Waals surface area contributed by atoms with Crippen molar-refractivity contribution in [2.75, 3.05) is 0 Å². The average Bonchev–Trinajstić information content (AvgIpc) is 2.95. The molecular weight excluding hydrogens is 260 g/mol. The van der Waals surface area contributed by atoms with Crippen LogP contribution in [0.25, 0.3) is 38.4 Å². The molecule has 0 radical (unpaired) electrons. The van der Waals surface area contributed by atoms with E-state index in [0.29, 0.717) is 0 Å². The minimum absolute atomic E-state index is 0.958. The van der Waals surface area contributed by atoms with Crippen molar-refractivity contribution in [2.45, 2.75) is 0 Å². The summed E-state index contributed by atoms with van der Waals surface area (Å²) >= 11 is 0. The van der Waals surface area contributed by atoms with Crippen molar-refractivity contribution in [1.29, 1.82) is 0 Å². The highest BCUT2D eigenvalue weighted by atomic mass is 15.0. The monoisotopic (exact) mass is 270 g/mol. The summed E-state index contributed by atoms with van der Waals surface area (Å²) in [5, 5.41) is 3.44. The number of hydrogen-bond donors (Lipinski definition) is 0. The predicted octanol–water partition coefficient (Wildman–Crippen LogP) is 3.58. The van der Waals surface area contributed by atoms with E-state index in [1.807, 2.05) is 36.8 Å². The van der Waals surface area contributed by atoms with Crippen molar-refractivity contribution >= 4 is 38.4 Å². The highest BCUT2D eigenvalue weighted by molar-refractivity contribution is 6.13. The Bertz CT molecular complexity index is 1140. The Labute approximate surface area is 119 Å². The number of imidazole rings is 1. The molecule has 0 amide bonds. The second kappa shape index (κ2) is 3.76. The lowest BCUT2D eigenvalue weighted by Crippen LogP contribution is -1.91. The fraction of sp³-hybridized carbons (Fsp3) is 0. The van der Waals surface area contributed by atoms with Gasteiger partial charge in [0, 0.05) is 29.4 Å². The molecule has 4 aromatic heterocycles. The zero-order valence-corrected chi connectivity index (χ0v) is 11.1. The van der Waals surface area contributed by atoms with Gasteiger partial charge in [0.1, 0.15) is 5.65 Å². The summed E-state index contributed by atoms with van der Waals surface area (Å²) in [4.78, 5) is 13.3. The van der Waals surface area contributed by atoms with E-state index in [0.717, 1.165) is 33.0 Å². The van der Waals surface area contributed by atoms with Crippen LogP contribution in [0, 0.1) is 0 Å². The van der Waals surface area contributed by atoms with E-state index in [9.17, 15) is 0 Å². The largest absolute Gasteiger partial charge is 0.290 e. The smallest absolute Gasteiger partial charge is 0.146 e. The third kappa shape index (κ3) is 1.31. The van der Waals surface area contributed by atoms with Crippen LogP contribution in [0.5, 0.6) is 0 Å². The number of pyridine rings is 3. The van der Waals surface area contributed by atoms with Crippen LogP contribution in [-0.4, -0.2) is 19.4 Å². The molecule has 5 aromatic rings. The van der Waals surface area contributed by atoms with Crippen LogP contribution in [0.2, 0.25) is 0 Å². The van der Waals surface area contributed by atoms with Gasteiger partial charge < -0.3 is 0 Å². The maximum Gasteiger partial charge on any atom is 0.146 e. The Morgan fingerprint density at radius 2 is 1.52 bits per heavy atom. The summed E-state index contributed by atoms with van der Waals surface area (Å²) in [6, 6.07) is 12.3. The molecule has 0 saturated heterocycles. The lowest BCUT2D eigenvalue weighted by molar-refractivity contribution is 1.27. The molecule has 1 aromatic carbocycles. The molecule has 4 heterocycles. The molecule has 98 valence electrons. The predicted molar refractivity (Wildman–Crippen MR) is 83.3 cm³/mol. The normalized spacial score (nSPS) is 11.8. The molecule has 21 heavy (non-hydrogen) atoms. The average molecular weight is 270 g/mol. The summed E-state index contributed by atoms with van der Waals surface area (Å²) in [5.74, 6) is 0. The molecule has 0 spiro atoms. The van der Waals surface area contributed by atoms with Gasteiger partial charge in [-0.3, -0.25) is 14.4 Å². The molecule has 0 aliphatic heterocycles. The van der Waals surface area contributed by atoms with Gasteiger partial charge in [-0.2, -0.15) is 0 Å². The minimum atomic E-state index is 0.958. The zero-order chi connectivity index (χ0) is 13.8. The van der Waals surface area contributed by atoms with E-state index in [1.165, 1.54) is 5.39 Å². The first-order valence-electron chi connectivity index (χ1n) is 6.80. The van der Waals surface area contributed by atoms with Crippen LogP contribution >= 0.6 is 0 Å². The Morgan fingerprint density at radius 3 is 2.48 bits per heavy atom. The maximum absolute atomic E-state index is 4.80. The molecule has 0 saturated carbocycles. The Morgan fingerprint density at radius 1 is 0.714 bits per heavy atom. The van der Waals surface area contributed by atoms with Crippen molar-refractivity contribution in [3.8, 4) is 0 Å². The van der Waals surface area contributed by atoms with Gasteiger partial charge in [0.25, 0.3) is 0 Å². The maximum atomic E-state index is 4.80. The topological polar surface area (TPSA) is 43.1 Å². The number of aromatic nitrogens is 4. The quantitative estimate of drug-likeness (QED) is 0.404. The Hall–Kier alpha value is -3.01. The van der Waals surface area contributed by atoms with Gasteiger partial charge in [-0.15, -0.1) is 0 Å². The molecule has 0 fully saturated rings. The first-order valence-corrected chi connectivity index (χ1v) is 6.80. The van der Waals surface area contributed by atoms with E-state index in [-0.39, 0.29) is 0 Å². The molecule has 0 aliphatic rings. The zero-order valence-electron chi connectivity index (χ0n) is 11.1. The summed E-state index contributed by atoms with van der Waals surface area (Å²) < 4.78 is 2.17. The van der Waals surface area contributed by atoms with E-state index in [1.54, 1.807) is 6.20 Å². The van der Waals surface area contributed by atoms with Gasteiger partial charge in [-0.1, -0.05) is 24.3 Å². The van der Waals surface area contributed by atoms with Gasteiger partial charge in [0.2, 0.25) is 0 Å². The van der Waals surface area contributed by atoms with Crippen LogP contribution in [0.1, 0.15) is 0 Å². The highest BCUT2D eigenvalue weighted by Crippen LogP contribution is 2.30. The first kappa shape index (κ1) is 10.7. The molecule has 0 unspecified atom stereocenters. The van der Waals surface area contributed by atoms with Crippen molar-refractivity contribution in [3.05, 3.63) is 61.2 Å². The lowest BCUT2D eigenvalue weighted by atomic mass is 10.1. The minimum Gasteiger partial charge on any atom is -0.290 e. The number of benzene rings is 1. The SMILES string of the molecule is c1ccc2c(c1)c1cnccc1n1c3cnccc3nc21. The summed E-state index contributed by atoms with van der Waals surface area (Å²) in [5.41, 5.74) is 4.05. The Balaban J connectivity index is 2.25. The van der Waals surface area contributed by atoms with Gasteiger partial charge >= 0.3 is 0 Å². The molecule has 0 aliphatic carbocycles. The van der Waals surface area contributed by atoms with Crippen molar-refractivity contribution in [3.63, 3.8) is 0 Å². The molecule has 5 rings (SSSR count). The molecule has 0 N–H and O–H groups in total. The van der Waals surface area contributed by atoms with Crippen LogP contribution in [0.15, 0.2) is 61.2 Å². The van der Waals surface area contributed by atoms with E-state index < -0.39 is 0 Å². The van der Waals surface area contributed by atoms with E-state index in [2.05, 4.69) is 32.6 Å². The number of nitrogens with zero attached hydrogens (tertiary/aromatic N) is 4. The summed E-state index contributed by atoms with van der Waals surface area (Å²) in [7, 11) is 0. The fourth-order valence-electron chi connectivity index (χ4n) is 3.05. The number of rotatable bonds is 0. The summed E-state index contributed by atoms with van der Waals surface area (Å²) in [6.45, 7) is 0. The van der Waals surface area contributed by atoms with Crippen LogP contribution in [-0.2, 0) is 0 Å². The van der Waals surface area contributed by atoms with Crippen molar-refractivity contribution in [1.82, 2.24) is 19.4 Å².